The van der Waals surface area contributed by atoms with Crippen LogP contribution in [-0.2, 0) is 9.53 Å². The summed E-state index contributed by atoms with van der Waals surface area (Å²) in [4.78, 5) is 23.2. The number of amides is 1. The lowest BCUT2D eigenvalue weighted by molar-refractivity contribution is -0.134. The van der Waals surface area contributed by atoms with Crippen molar-refractivity contribution in [2.75, 3.05) is 6.61 Å². The molecule has 0 aliphatic heterocycles. The van der Waals surface area contributed by atoms with E-state index in [0.717, 1.165) is 12.0 Å². The topological polar surface area (TPSA) is 105 Å². The normalized spacial score (nSPS) is 11.8. The highest BCUT2D eigenvalue weighted by Gasteiger charge is 2.22. The Balaban J connectivity index is 0.00000352. The summed E-state index contributed by atoms with van der Waals surface area (Å²) in [5, 5.41) is 21.5. The van der Waals surface area contributed by atoms with Gasteiger partial charge in [-0.1, -0.05) is 58.6 Å². The predicted octanol–water partition coefficient (Wildman–Crippen LogP) is 3.63. The first kappa shape index (κ1) is 25.4. The second kappa shape index (κ2) is 14.4. The lowest BCUT2D eigenvalue weighted by Crippen LogP contribution is -2.36. The van der Waals surface area contributed by atoms with E-state index in [9.17, 15) is 19.8 Å². The molecule has 1 rings (SSSR count). The predicted molar refractivity (Wildman–Crippen MR) is 108 cm³/mol. The number of ether oxygens (including phenoxy) is 2. The molecular weight excluding hydrogens is 362 g/mol. The van der Waals surface area contributed by atoms with Crippen LogP contribution in [0.2, 0.25) is 0 Å². The van der Waals surface area contributed by atoms with Crippen LogP contribution < -0.4 is 10.1 Å². The first-order valence-electron chi connectivity index (χ1n) is 9.32. The molecule has 3 N–H and O–H groups in total. The lowest BCUT2D eigenvalue weighted by Gasteiger charge is -2.21. The molecule has 0 radical (unpaired) electrons. The lowest BCUT2D eigenvalue weighted by atomic mass is 10.1. The number of carbonyl (C=O) groups excluding carboxylic acids is 2. The fourth-order valence-electron chi connectivity index (χ4n) is 2.06. The molecule has 0 fully saturated rings. The van der Waals surface area contributed by atoms with E-state index in [-0.39, 0.29) is 19.0 Å². The number of hydrogen-bond donors (Lipinski definition) is 3. The van der Waals surface area contributed by atoms with E-state index in [2.05, 4.69) is 11.9 Å². The minimum atomic E-state index is -1.84. The molecule has 0 saturated carbocycles. The molecule has 1 unspecified atom stereocenters. The number of carbonyl (C=O) groups is 2. The third-order valence-electron chi connectivity index (χ3n) is 3.43. The zero-order valence-corrected chi connectivity index (χ0v) is 17.0. The van der Waals surface area contributed by atoms with Gasteiger partial charge in [0.05, 0.1) is 0 Å². The number of aliphatic hydroxyl groups is 2. The van der Waals surface area contributed by atoms with Crippen LogP contribution in [0.3, 0.4) is 0 Å². The van der Waals surface area contributed by atoms with E-state index in [1.165, 1.54) is 24.3 Å². The van der Waals surface area contributed by atoms with Crippen LogP contribution in [-0.4, -0.2) is 35.2 Å². The highest BCUT2D eigenvalue weighted by Crippen LogP contribution is 2.20. The van der Waals surface area contributed by atoms with Gasteiger partial charge in [0.15, 0.2) is 6.29 Å². The van der Waals surface area contributed by atoms with E-state index >= 15 is 0 Å². The average Bonchev–Trinajstić information content (AvgIpc) is 2.71. The maximum absolute atomic E-state index is 11.9. The molecule has 1 aromatic rings. The number of rotatable bonds is 9. The molecule has 156 valence electrons. The van der Waals surface area contributed by atoms with Crippen molar-refractivity contribution in [3.63, 3.8) is 0 Å². The monoisotopic (exact) mass is 393 g/mol. The van der Waals surface area contributed by atoms with Crippen LogP contribution in [0.15, 0.2) is 48.6 Å². The van der Waals surface area contributed by atoms with E-state index in [0.29, 0.717) is 11.3 Å². The summed E-state index contributed by atoms with van der Waals surface area (Å²) in [6, 6.07) is 4.96. The van der Waals surface area contributed by atoms with Gasteiger partial charge in [0.2, 0.25) is 0 Å². The van der Waals surface area contributed by atoms with Crippen molar-refractivity contribution in [2.24, 2.45) is 0 Å². The molecule has 0 aliphatic carbocycles. The van der Waals surface area contributed by atoms with Gasteiger partial charge < -0.3 is 25.0 Å². The van der Waals surface area contributed by atoms with Gasteiger partial charge in [-0.2, -0.15) is 0 Å². The maximum atomic E-state index is 11.9. The maximum Gasteiger partial charge on any atom is 0.408 e. The second-order valence-corrected chi connectivity index (χ2v) is 5.40. The SMILES string of the molecule is C=C/C(=C\CC)COC(=O)NC(c1ccc(OC(=O)CC)cc1)C(O)O.CC. The Hall–Kier alpha value is -2.64. The van der Waals surface area contributed by atoms with Gasteiger partial charge in [-0.15, -0.1) is 0 Å². The number of esters is 1. The molecule has 0 aliphatic rings. The van der Waals surface area contributed by atoms with Crippen molar-refractivity contribution in [1.29, 1.82) is 0 Å². The molecule has 28 heavy (non-hydrogen) atoms. The van der Waals surface area contributed by atoms with Gasteiger partial charge in [-0.3, -0.25) is 4.79 Å². The fraction of sp³-hybridized carbons (Fsp3) is 0.429. The number of allylic oxidation sites excluding steroid dienone is 1. The Kier molecular flexibility index (Phi) is 13.1. The zero-order chi connectivity index (χ0) is 21.5. The minimum Gasteiger partial charge on any atom is -0.445 e. The largest absolute Gasteiger partial charge is 0.445 e. The Morgan fingerprint density at radius 2 is 1.79 bits per heavy atom. The summed E-state index contributed by atoms with van der Waals surface area (Å²) < 4.78 is 10.1. The van der Waals surface area contributed by atoms with E-state index in [1.54, 1.807) is 13.0 Å². The summed E-state index contributed by atoms with van der Waals surface area (Å²) in [6.07, 6.45) is 1.84. The minimum absolute atomic E-state index is 0.0311. The average molecular weight is 393 g/mol. The van der Waals surface area contributed by atoms with Crippen LogP contribution in [0.5, 0.6) is 5.75 Å². The first-order chi connectivity index (χ1) is 13.4. The third kappa shape index (κ3) is 9.34. The molecule has 0 aromatic heterocycles. The summed E-state index contributed by atoms with van der Waals surface area (Å²) in [6.45, 7) is 11.3. The summed E-state index contributed by atoms with van der Waals surface area (Å²) in [7, 11) is 0. The van der Waals surface area contributed by atoms with E-state index in [4.69, 9.17) is 9.47 Å². The molecule has 0 heterocycles. The highest BCUT2D eigenvalue weighted by molar-refractivity contribution is 5.72. The smallest absolute Gasteiger partial charge is 0.408 e. The van der Waals surface area contributed by atoms with E-state index < -0.39 is 18.4 Å². The molecule has 7 nitrogen and oxygen atoms in total. The molecule has 1 amide bonds. The standard InChI is InChI=1S/C19H25NO6.C2H6/c1-4-7-13(5-2)12-25-19(24)20-17(18(22)23)14-8-10-15(11-9-14)26-16(21)6-3;1-2/h5,7-11,17-18,22-23H,2,4,6,12H2,1,3H3,(H,20,24);1-2H3/b13-7+;. The molecular formula is C21H31NO6. The fourth-order valence-corrected chi connectivity index (χ4v) is 2.06. The molecule has 1 atom stereocenters. The van der Waals surface area contributed by atoms with Crippen molar-refractivity contribution in [1.82, 2.24) is 5.32 Å². The first-order valence-corrected chi connectivity index (χ1v) is 9.32. The van der Waals surface area contributed by atoms with Gasteiger partial charge in [0, 0.05) is 6.42 Å². The Morgan fingerprint density at radius 1 is 1.18 bits per heavy atom. The highest BCUT2D eigenvalue weighted by atomic mass is 16.6. The Morgan fingerprint density at radius 3 is 2.25 bits per heavy atom. The molecule has 0 saturated heterocycles. The van der Waals surface area contributed by atoms with Gasteiger partial charge in [-0.25, -0.2) is 4.79 Å². The quantitative estimate of drug-likeness (QED) is 0.256. The van der Waals surface area contributed by atoms with Crippen LogP contribution in [0.25, 0.3) is 0 Å². The number of nitrogens with one attached hydrogen (secondary N) is 1. The molecule has 7 heteroatoms. The van der Waals surface area contributed by atoms with Crippen molar-refractivity contribution >= 4 is 12.1 Å². The van der Waals surface area contributed by atoms with Crippen molar-refractivity contribution < 1.29 is 29.3 Å². The third-order valence-corrected chi connectivity index (χ3v) is 3.43. The van der Waals surface area contributed by atoms with Gasteiger partial charge in [-0.05, 0) is 29.7 Å². The number of benzene rings is 1. The van der Waals surface area contributed by atoms with Crippen molar-refractivity contribution in [2.45, 2.75) is 52.9 Å². The number of alkyl carbamates (subject to hydrolysis) is 1. The van der Waals surface area contributed by atoms with E-state index in [1.807, 2.05) is 26.8 Å². The summed E-state index contributed by atoms with van der Waals surface area (Å²) in [5.41, 5.74) is 1.17. The van der Waals surface area contributed by atoms with Gasteiger partial charge in [0.1, 0.15) is 18.4 Å². The number of aliphatic hydroxyl groups excluding tert-OH is 1. The van der Waals surface area contributed by atoms with Crippen LogP contribution in [0.1, 0.15) is 52.1 Å². The summed E-state index contributed by atoms with van der Waals surface area (Å²) >= 11 is 0. The van der Waals surface area contributed by atoms with Gasteiger partial charge in [0.25, 0.3) is 0 Å². The van der Waals surface area contributed by atoms with Crippen molar-refractivity contribution in [3.8, 4) is 5.75 Å². The second-order valence-electron chi connectivity index (χ2n) is 5.40. The van der Waals surface area contributed by atoms with Gasteiger partial charge >= 0.3 is 12.1 Å². The number of hydrogen-bond acceptors (Lipinski definition) is 6. The molecule has 0 bridgehead atoms. The van der Waals surface area contributed by atoms with Crippen LogP contribution in [0.4, 0.5) is 4.79 Å². The Bertz CT molecular complexity index is 637. The molecule has 0 spiro atoms. The zero-order valence-electron chi connectivity index (χ0n) is 17.0. The Labute approximate surface area is 166 Å². The van der Waals surface area contributed by atoms with Crippen LogP contribution in [0, 0.1) is 0 Å². The van der Waals surface area contributed by atoms with Crippen molar-refractivity contribution in [3.05, 3.63) is 54.1 Å². The molecule has 1 aromatic carbocycles. The van der Waals surface area contributed by atoms with Crippen LogP contribution >= 0.6 is 0 Å². The summed E-state index contributed by atoms with van der Waals surface area (Å²) in [5.74, 6) is -0.0500.